The predicted molar refractivity (Wildman–Crippen MR) is 111 cm³/mol. The maximum Gasteiger partial charge on any atom is 0.331 e. The van der Waals surface area contributed by atoms with Gasteiger partial charge < -0.3 is 10.1 Å². The van der Waals surface area contributed by atoms with Crippen LogP contribution in [0.25, 0.3) is 23.0 Å². The summed E-state index contributed by atoms with van der Waals surface area (Å²) in [5.74, 6) is -0.966. The second-order valence-corrected chi connectivity index (χ2v) is 6.75. The highest BCUT2D eigenvalue weighted by molar-refractivity contribution is 9.10. The van der Waals surface area contributed by atoms with Crippen LogP contribution in [-0.4, -0.2) is 35.3 Å². The van der Waals surface area contributed by atoms with E-state index in [0.29, 0.717) is 0 Å². The average molecular weight is 440 g/mol. The molecule has 0 saturated heterocycles. The molecule has 2 aromatic carbocycles. The number of nitrogens with zero attached hydrogens (tertiary/aromatic N) is 2. The van der Waals surface area contributed by atoms with E-state index in [2.05, 4.69) is 26.3 Å². The summed E-state index contributed by atoms with van der Waals surface area (Å²) in [5, 5.41) is 7.07. The van der Waals surface area contributed by atoms with Gasteiger partial charge >= 0.3 is 5.97 Å². The quantitative estimate of drug-likeness (QED) is 0.470. The van der Waals surface area contributed by atoms with Gasteiger partial charge in [-0.2, -0.15) is 5.10 Å². The molecule has 0 aliphatic rings. The lowest BCUT2D eigenvalue weighted by Gasteiger charge is -2.01. The molecule has 3 rings (SSSR count). The number of benzene rings is 2. The molecule has 0 bridgehead atoms. The summed E-state index contributed by atoms with van der Waals surface area (Å²) in [6.07, 6.45) is 4.77. The largest absolute Gasteiger partial charge is 0.452 e. The minimum absolute atomic E-state index is 0.317. The second kappa shape index (κ2) is 9.14. The molecule has 0 radical (unpaired) electrons. The Morgan fingerprint density at radius 1 is 1.14 bits per heavy atom. The molecule has 0 unspecified atom stereocenters. The molecule has 1 aromatic heterocycles. The summed E-state index contributed by atoms with van der Waals surface area (Å²) in [7, 11) is 1.48. The third-order valence-corrected chi connectivity index (χ3v) is 4.43. The van der Waals surface area contributed by atoms with Gasteiger partial charge in [0, 0.05) is 34.9 Å². The first-order valence-corrected chi connectivity index (χ1v) is 9.32. The Hall–Kier alpha value is -3.19. The maximum atomic E-state index is 11.9. The first kappa shape index (κ1) is 19.6. The normalized spacial score (nSPS) is 10.8. The van der Waals surface area contributed by atoms with Crippen molar-refractivity contribution in [2.45, 2.75) is 0 Å². The van der Waals surface area contributed by atoms with Gasteiger partial charge in [-0.05, 0) is 30.3 Å². The van der Waals surface area contributed by atoms with Crippen LogP contribution in [0.1, 0.15) is 5.56 Å². The first-order valence-electron chi connectivity index (χ1n) is 8.53. The van der Waals surface area contributed by atoms with Gasteiger partial charge in [-0.25, -0.2) is 9.48 Å². The van der Waals surface area contributed by atoms with Crippen LogP contribution in [0, 0.1) is 0 Å². The highest BCUT2D eigenvalue weighted by atomic mass is 79.9. The van der Waals surface area contributed by atoms with E-state index in [1.807, 2.05) is 60.8 Å². The molecule has 28 heavy (non-hydrogen) atoms. The van der Waals surface area contributed by atoms with Crippen LogP contribution in [0.15, 0.2) is 71.3 Å². The SMILES string of the molecule is CNC(=O)COC(=O)/C=C/c1cn(-c2ccccc2)nc1-c1ccc(Br)cc1. The first-order chi connectivity index (χ1) is 13.6. The molecular weight excluding hydrogens is 422 g/mol. The predicted octanol–water partition coefficient (Wildman–Crippen LogP) is 3.60. The minimum atomic E-state index is -0.599. The number of nitrogens with one attached hydrogen (secondary N) is 1. The number of ether oxygens (including phenoxy) is 1. The molecule has 0 spiro atoms. The Bertz CT molecular complexity index is 995. The van der Waals surface area contributed by atoms with Gasteiger partial charge in [0.1, 0.15) is 0 Å². The van der Waals surface area contributed by atoms with Crippen molar-refractivity contribution >= 4 is 33.9 Å². The molecular formula is C21H18BrN3O3. The topological polar surface area (TPSA) is 73.2 Å². The summed E-state index contributed by atoms with van der Waals surface area (Å²) < 4.78 is 7.62. The van der Waals surface area contributed by atoms with E-state index in [4.69, 9.17) is 4.74 Å². The van der Waals surface area contributed by atoms with Gasteiger partial charge in [-0.3, -0.25) is 4.79 Å². The number of rotatable bonds is 6. The Morgan fingerprint density at radius 3 is 2.54 bits per heavy atom. The van der Waals surface area contributed by atoms with Crippen molar-refractivity contribution in [2.75, 3.05) is 13.7 Å². The van der Waals surface area contributed by atoms with Gasteiger partial charge in [-0.1, -0.05) is 46.3 Å². The number of likely N-dealkylation sites (N-methyl/N-ethyl adjacent to an activating group) is 1. The highest BCUT2D eigenvalue weighted by Crippen LogP contribution is 2.26. The van der Waals surface area contributed by atoms with Gasteiger partial charge in [-0.15, -0.1) is 0 Å². The van der Waals surface area contributed by atoms with Crippen molar-refractivity contribution in [2.24, 2.45) is 0 Å². The molecule has 6 nitrogen and oxygen atoms in total. The van der Waals surface area contributed by atoms with Crippen molar-refractivity contribution in [3.8, 4) is 16.9 Å². The third kappa shape index (κ3) is 4.95. The van der Waals surface area contributed by atoms with Crippen LogP contribution in [0.2, 0.25) is 0 Å². The van der Waals surface area contributed by atoms with Gasteiger partial charge in [0.25, 0.3) is 5.91 Å². The number of aromatic nitrogens is 2. The van der Waals surface area contributed by atoms with Crippen molar-refractivity contribution in [3.63, 3.8) is 0 Å². The van der Waals surface area contributed by atoms with Crippen LogP contribution in [0.3, 0.4) is 0 Å². The van der Waals surface area contributed by atoms with E-state index in [1.54, 1.807) is 10.8 Å². The molecule has 0 aliphatic carbocycles. The van der Waals surface area contributed by atoms with Crippen molar-refractivity contribution in [1.82, 2.24) is 15.1 Å². The fourth-order valence-corrected chi connectivity index (χ4v) is 2.73. The minimum Gasteiger partial charge on any atom is -0.452 e. The van der Waals surface area contributed by atoms with E-state index in [9.17, 15) is 9.59 Å². The Balaban J connectivity index is 1.91. The molecule has 0 saturated carbocycles. The molecule has 1 heterocycles. The lowest BCUT2D eigenvalue weighted by atomic mass is 10.1. The number of amides is 1. The average Bonchev–Trinajstić information content (AvgIpc) is 3.16. The van der Waals surface area contributed by atoms with Crippen molar-refractivity contribution < 1.29 is 14.3 Å². The van der Waals surface area contributed by atoms with Crippen molar-refractivity contribution in [3.05, 3.63) is 76.9 Å². The molecule has 1 amide bonds. The van der Waals surface area contributed by atoms with E-state index in [1.165, 1.54) is 13.1 Å². The standard InChI is InChI=1S/C21H18BrN3O3/c1-23-19(26)14-28-20(27)12-9-16-13-25(18-5-3-2-4-6-18)24-21(16)15-7-10-17(22)11-8-15/h2-13H,14H2,1H3,(H,23,26)/b12-9+. The summed E-state index contributed by atoms with van der Waals surface area (Å²) in [5.41, 5.74) is 3.30. The molecule has 7 heteroatoms. The fraction of sp³-hybridized carbons (Fsp3) is 0.0952. The van der Waals surface area contributed by atoms with Crippen LogP contribution in [0.4, 0.5) is 0 Å². The number of para-hydroxylation sites is 1. The smallest absolute Gasteiger partial charge is 0.331 e. The van der Waals surface area contributed by atoms with Crippen LogP contribution < -0.4 is 5.32 Å². The highest BCUT2D eigenvalue weighted by Gasteiger charge is 2.11. The number of halogens is 1. The lowest BCUT2D eigenvalue weighted by molar-refractivity contribution is -0.143. The number of carbonyl (C=O) groups excluding carboxylic acids is 2. The molecule has 0 aliphatic heterocycles. The van der Waals surface area contributed by atoms with E-state index < -0.39 is 5.97 Å². The van der Waals surface area contributed by atoms with E-state index in [-0.39, 0.29) is 12.5 Å². The zero-order chi connectivity index (χ0) is 19.9. The van der Waals surface area contributed by atoms with Gasteiger partial charge in [0.2, 0.25) is 0 Å². The Labute approximate surface area is 171 Å². The summed E-state index contributed by atoms with van der Waals surface area (Å²) in [4.78, 5) is 23.1. The monoisotopic (exact) mass is 439 g/mol. The summed E-state index contributed by atoms with van der Waals surface area (Å²) in [6, 6.07) is 17.5. The fourth-order valence-electron chi connectivity index (χ4n) is 2.47. The third-order valence-electron chi connectivity index (χ3n) is 3.90. The second-order valence-electron chi connectivity index (χ2n) is 5.83. The molecule has 0 fully saturated rings. The zero-order valence-corrected chi connectivity index (χ0v) is 16.7. The van der Waals surface area contributed by atoms with Crippen LogP contribution >= 0.6 is 15.9 Å². The lowest BCUT2D eigenvalue weighted by Crippen LogP contribution is -2.24. The number of hydrogen-bond donors (Lipinski definition) is 1. The van der Waals surface area contributed by atoms with E-state index in [0.717, 1.165) is 27.0 Å². The summed E-state index contributed by atoms with van der Waals surface area (Å²) in [6.45, 7) is -0.317. The molecule has 3 aromatic rings. The zero-order valence-electron chi connectivity index (χ0n) is 15.1. The van der Waals surface area contributed by atoms with Gasteiger partial charge in [0.05, 0.1) is 11.4 Å². The molecule has 0 atom stereocenters. The number of esters is 1. The Kier molecular flexibility index (Phi) is 6.39. The van der Waals surface area contributed by atoms with E-state index >= 15 is 0 Å². The Morgan fingerprint density at radius 2 is 1.86 bits per heavy atom. The summed E-state index contributed by atoms with van der Waals surface area (Å²) >= 11 is 3.43. The van der Waals surface area contributed by atoms with Crippen molar-refractivity contribution in [1.29, 1.82) is 0 Å². The molecule has 142 valence electrons. The van der Waals surface area contributed by atoms with Crippen LogP contribution in [-0.2, 0) is 14.3 Å². The molecule has 1 N–H and O–H groups in total. The van der Waals surface area contributed by atoms with Gasteiger partial charge in [0.15, 0.2) is 6.61 Å². The maximum absolute atomic E-state index is 11.9. The number of carbonyl (C=O) groups is 2. The van der Waals surface area contributed by atoms with Crippen LogP contribution in [0.5, 0.6) is 0 Å². The number of hydrogen-bond acceptors (Lipinski definition) is 4.